The second-order valence-corrected chi connectivity index (χ2v) is 5.05. The molecule has 0 saturated carbocycles. The maximum absolute atomic E-state index is 11.7. The van der Waals surface area contributed by atoms with E-state index < -0.39 is 0 Å². The average molecular weight is 277 g/mol. The lowest BCUT2D eigenvalue weighted by molar-refractivity contribution is -0.125. The van der Waals surface area contributed by atoms with Crippen LogP contribution in [0.5, 0.6) is 0 Å². The van der Waals surface area contributed by atoms with Gasteiger partial charge in [0.15, 0.2) is 0 Å². The Labute approximate surface area is 119 Å². The van der Waals surface area contributed by atoms with Crippen LogP contribution in [0.3, 0.4) is 0 Å². The second-order valence-electron chi connectivity index (χ2n) is 5.05. The van der Waals surface area contributed by atoms with Crippen LogP contribution in [-0.2, 0) is 9.59 Å². The van der Waals surface area contributed by atoms with Crippen LogP contribution in [0.2, 0.25) is 0 Å². The summed E-state index contributed by atoms with van der Waals surface area (Å²) >= 11 is 0. The molecule has 1 unspecified atom stereocenters. The van der Waals surface area contributed by atoms with Crippen LogP contribution >= 0.6 is 0 Å². The van der Waals surface area contributed by atoms with Gasteiger partial charge in [0.25, 0.3) is 0 Å². The molecule has 0 aliphatic rings. The third-order valence-corrected chi connectivity index (χ3v) is 3.18. The van der Waals surface area contributed by atoms with Crippen molar-refractivity contribution in [2.75, 3.05) is 19.6 Å². The van der Waals surface area contributed by atoms with Gasteiger partial charge in [0, 0.05) is 12.5 Å². The average Bonchev–Trinajstić information content (AvgIpc) is 2.45. The summed E-state index contributed by atoms with van der Waals surface area (Å²) in [6, 6.07) is 10.1. The van der Waals surface area contributed by atoms with Gasteiger partial charge in [-0.3, -0.25) is 9.59 Å². The molecule has 4 N–H and O–H groups in total. The highest BCUT2D eigenvalue weighted by Gasteiger charge is 2.16. The van der Waals surface area contributed by atoms with Crippen molar-refractivity contribution in [3.8, 4) is 0 Å². The minimum atomic E-state index is -0.330. The Kier molecular flexibility index (Phi) is 6.73. The largest absolute Gasteiger partial charge is 0.354 e. The van der Waals surface area contributed by atoms with E-state index in [-0.39, 0.29) is 30.8 Å². The Morgan fingerprint density at radius 2 is 1.75 bits per heavy atom. The molecular formula is C15H23N3O2. The number of rotatable bonds is 7. The summed E-state index contributed by atoms with van der Waals surface area (Å²) in [6.07, 6.45) is 0. The first-order valence-electron chi connectivity index (χ1n) is 6.83. The van der Waals surface area contributed by atoms with Gasteiger partial charge in [-0.05, 0) is 11.5 Å². The fourth-order valence-electron chi connectivity index (χ4n) is 1.98. The van der Waals surface area contributed by atoms with E-state index >= 15 is 0 Å². The lowest BCUT2D eigenvalue weighted by atomic mass is 9.88. The minimum absolute atomic E-state index is 0.0321. The molecule has 0 aromatic heterocycles. The van der Waals surface area contributed by atoms with Crippen LogP contribution in [0.1, 0.15) is 25.3 Å². The van der Waals surface area contributed by atoms with Crippen molar-refractivity contribution in [1.82, 2.24) is 10.6 Å². The maximum Gasteiger partial charge on any atom is 0.239 e. The van der Waals surface area contributed by atoms with Crippen molar-refractivity contribution in [1.29, 1.82) is 0 Å². The molecule has 1 aromatic carbocycles. The van der Waals surface area contributed by atoms with Gasteiger partial charge in [-0.2, -0.15) is 0 Å². The van der Waals surface area contributed by atoms with Gasteiger partial charge in [-0.1, -0.05) is 44.2 Å². The number of benzene rings is 1. The van der Waals surface area contributed by atoms with Crippen molar-refractivity contribution < 1.29 is 9.59 Å². The summed E-state index contributed by atoms with van der Waals surface area (Å²) < 4.78 is 0. The van der Waals surface area contributed by atoms with Gasteiger partial charge in [-0.25, -0.2) is 0 Å². The van der Waals surface area contributed by atoms with Crippen molar-refractivity contribution in [3.05, 3.63) is 35.9 Å². The molecule has 5 heteroatoms. The normalized spacial score (nSPS) is 12.0. The fraction of sp³-hybridized carbons (Fsp3) is 0.467. The first-order valence-corrected chi connectivity index (χ1v) is 6.83. The van der Waals surface area contributed by atoms with Crippen LogP contribution in [0.15, 0.2) is 30.3 Å². The van der Waals surface area contributed by atoms with Crippen molar-refractivity contribution >= 4 is 11.8 Å². The number of hydrogen-bond donors (Lipinski definition) is 3. The zero-order chi connectivity index (χ0) is 15.0. The van der Waals surface area contributed by atoms with Crippen LogP contribution in [-0.4, -0.2) is 31.4 Å². The third kappa shape index (κ3) is 5.40. The minimum Gasteiger partial charge on any atom is -0.354 e. The van der Waals surface area contributed by atoms with E-state index in [4.69, 9.17) is 5.73 Å². The SMILES string of the molecule is CC(C)C(CNC(=O)CNC(=O)CN)c1ccccc1. The molecule has 0 heterocycles. The van der Waals surface area contributed by atoms with Crippen LogP contribution < -0.4 is 16.4 Å². The molecule has 0 radical (unpaired) electrons. The fourth-order valence-corrected chi connectivity index (χ4v) is 1.98. The highest BCUT2D eigenvalue weighted by atomic mass is 16.2. The number of nitrogens with two attached hydrogens (primary N) is 1. The predicted molar refractivity (Wildman–Crippen MR) is 79.1 cm³/mol. The summed E-state index contributed by atoms with van der Waals surface area (Å²) in [4.78, 5) is 22.6. The Balaban J connectivity index is 2.48. The highest BCUT2D eigenvalue weighted by Crippen LogP contribution is 2.23. The molecule has 0 bridgehead atoms. The van der Waals surface area contributed by atoms with Crippen molar-refractivity contribution in [2.45, 2.75) is 19.8 Å². The Morgan fingerprint density at radius 3 is 2.30 bits per heavy atom. The molecule has 1 aromatic rings. The van der Waals surface area contributed by atoms with E-state index in [0.717, 1.165) is 0 Å². The first-order chi connectivity index (χ1) is 9.54. The highest BCUT2D eigenvalue weighted by molar-refractivity contribution is 5.85. The molecular weight excluding hydrogens is 254 g/mol. The van der Waals surface area contributed by atoms with E-state index in [1.807, 2.05) is 18.2 Å². The van der Waals surface area contributed by atoms with E-state index in [0.29, 0.717) is 12.5 Å². The molecule has 0 spiro atoms. The molecule has 20 heavy (non-hydrogen) atoms. The van der Waals surface area contributed by atoms with Gasteiger partial charge in [0.05, 0.1) is 13.1 Å². The standard InChI is InChI=1S/C15H23N3O2/c1-11(2)13(12-6-4-3-5-7-12)9-17-15(20)10-18-14(19)8-16/h3-7,11,13H,8-10,16H2,1-2H3,(H,17,20)(H,18,19). The second kappa shape index (κ2) is 8.32. The molecule has 2 amide bonds. The predicted octanol–water partition coefficient (Wildman–Crippen LogP) is 0.617. The van der Waals surface area contributed by atoms with Gasteiger partial charge in [-0.15, -0.1) is 0 Å². The van der Waals surface area contributed by atoms with Gasteiger partial charge >= 0.3 is 0 Å². The monoisotopic (exact) mass is 277 g/mol. The summed E-state index contributed by atoms with van der Waals surface area (Å²) in [7, 11) is 0. The molecule has 0 fully saturated rings. The van der Waals surface area contributed by atoms with Gasteiger partial charge in [0.2, 0.25) is 11.8 Å². The Bertz CT molecular complexity index is 432. The number of carbonyl (C=O) groups is 2. The molecule has 0 saturated heterocycles. The quantitative estimate of drug-likeness (QED) is 0.683. The van der Waals surface area contributed by atoms with Gasteiger partial charge < -0.3 is 16.4 Å². The lowest BCUT2D eigenvalue weighted by Crippen LogP contribution is -2.41. The van der Waals surface area contributed by atoms with Crippen molar-refractivity contribution in [3.63, 3.8) is 0 Å². The van der Waals surface area contributed by atoms with Gasteiger partial charge in [0.1, 0.15) is 0 Å². The van der Waals surface area contributed by atoms with Crippen molar-refractivity contribution in [2.24, 2.45) is 11.7 Å². The number of carbonyl (C=O) groups excluding carboxylic acids is 2. The van der Waals surface area contributed by atoms with E-state index in [1.54, 1.807) is 0 Å². The zero-order valence-corrected chi connectivity index (χ0v) is 12.1. The van der Waals surface area contributed by atoms with E-state index in [1.165, 1.54) is 5.56 Å². The molecule has 0 aliphatic heterocycles. The zero-order valence-electron chi connectivity index (χ0n) is 12.1. The lowest BCUT2D eigenvalue weighted by Gasteiger charge is -2.22. The molecule has 5 nitrogen and oxygen atoms in total. The maximum atomic E-state index is 11.7. The Hall–Kier alpha value is -1.88. The number of amides is 2. The van der Waals surface area contributed by atoms with E-state index in [2.05, 4.69) is 36.6 Å². The first kappa shape index (κ1) is 16.2. The smallest absolute Gasteiger partial charge is 0.239 e. The molecule has 0 aliphatic carbocycles. The summed E-state index contributed by atoms with van der Waals surface area (Å²) in [5.74, 6) is 0.138. The van der Waals surface area contributed by atoms with Crippen LogP contribution in [0.25, 0.3) is 0 Å². The third-order valence-electron chi connectivity index (χ3n) is 3.18. The Morgan fingerprint density at radius 1 is 1.10 bits per heavy atom. The number of nitrogens with one attached hydrogen (secondary N) is 2. The molecule has 1 rings (SSSR count). The van der Waals surface area contributed by atoms with Crippen LogP contribution in [0, 0.1) is 5.92 Å². The molecule has 1 atom stereocenters. The summed E-state index contributed by atoms with van der Waals surface area (Å²) in [6.45, 7) is 4.67. The topological polar surface area (TPSA) is 84.2 Å². The number of hydrogen-bond acceptors (Lipinski definition) is 3. The van der Waals surface area contributed by atoms with E-state index in [9.17, 15) is 9.59 Å². The summed E-state index contributed by atoms with van der Waals surface area (Å²) in [5, 5.41) is 5.30. The molecule has 110 valence electrons. The van der Waals surface area contributed by atoms with Crippen LogP contribution in [0.4, 0.5) is 0 Å². The summed E-state index contributed by atoms with van der Waals surface area (Å²) in [5.41, 5.74) is 6.36.